The van der Waals surface area contributed by atoms with Gasteiger partial charge in [-0.1, -0.05) is 52.0 Å². The van der Waals surface area contributed by atoms with Crippen LogP contribution in [0.2, 0.25) is 0 Å². The van der Waals surface area contributed by atoms with E-state index in [0.717, 1.165) is 24.1 Å². The quantitative estimate of drug-likeness (QED) is 0.792. The van der Waals surface area contributed by atoms with Crippen molar-refractivity contribution in [3.63, 3.8) is 0 Å². The smallest absolute Gasteiger partial charge is 0.228 e. The molecule has 0 fully saturated rings. The summed E-state index contributed by atoms with van der Waals surface area (Å²) in [4.78, 5) is 17.0. The highest BCUT2D eigenvalue weighted by atomic mass is 16.1. The molecular formula is C17H22N2O. The molecular weight excluding hydrogens is 248 g/mol. The third-order valence-corrected chi connectivity index (χ3v) is 3.36. The number of rotatable bonds is 4. The van der Waals surface area contributed by atoms with Crippen LogP contribution in [-0.4, -0.2) is 15.3 Å². The van der Waals surface area contributed by atoms with E-state index in [1.807, 2.05) is 35.0 Å². The minimum absolute atomic E-state index is 0.00831. The van der Waals surface area contributed by atoms with Crippen LogP contribution < -0.4 is 0 Å². The Bertz CT molecular complexity index is 605. The first-order valence-corrected chi connectivity index (χ1v) is 7.10. The molecule has 0 bridgehead atoms. The largest absolute Gasteiger partial charge is 0.328 e. The highest BCUT2D eigenvalue weighted by Gasteiger charge is 2.24. The van der Waals surface area contributed by atoms with Gasteiger partial charge in [0.1, 0.15) is 0 Å². The van der Waals surface area contributed by atoms with Crippen molar-refractivity contribution in [1.82, 2.24) is 9.55 Å². The van der Waals surface area contributed by atoms with E-state index in [0.29, 0.717) is 5.82 Å². The standard InChI is InChI=1S/C17H22N2O/c1-5-11-19-12-10-18-16(19)15(20)13-8-6-7-9-14(13)17(2,3)4/h6-10,12H,5,11H2,1-4H3. The van der Waals surface area contributed by atoms with Crippen LogP contribution in [0.25, 0.3) is 0 Å². The molecule has 1 aromatic carbocycles. The molecule has 3 nitrogen and oxygen atoms in total. The predicted molar refractivity (Wildman–Crippen MR) is 81.1 cm³/mol. The molecule has 0 radical (unpaired) electrons. The van der Waals surface area contributed by atoms with E-state index >= 15 is 0 Å². The Kier molecular flexibility index (Phi) is 4.07. The molecule has 1 heterocycles. The fraction of sp³-hybridized carbons (Fsp3) is 0.412. The number of carbonyl (C=O) groups is 1. The number of hydrogen-bond acceptors (Lipinski definition) is 2. The number of nitrogens with zero attached hydrogens (tertiary/aromatic N) is 2. The molecule has 0 spiro atoms. The summed E-state index contributed by atoms with van der Waals surface area (Å²) >= 11 is 0. The molecule has 2 rings (SSSR count). The first kappa shape index (κ1) is 14.5. The van der Waals surface area contributed by atoms with E-state index in [1.54, 1.807) is 6.20 Å². The van der Waals surface area contributed by atoms with E-state index in [4.69, 9.17) is 0 Å². The Hall–Kier alpha value is -1.90. The molecule has 0 aliphatic rings. The molecule has 0 atom stereocenters. The molecule has 3 heteroatoms. The highest BCUT2D eigenvalue weighted by molar-refractivity contribution is 6.07. The van der Waals surface area contributed by atoms with Gasteiger partial charge in [-0.25, -0.2) is 4.98 Å². The van der Waals surface area contributed by atoms with Gasteiger partial charge in [0.2, 0.25) is 5.78 Å². The van der Waals surface area contributed by atoms with Crippen LogP contribution in [0, 0.1) is 0 Å². The Balaban J connectivity index is 2.46. The summed E-state index contributed by atoms with van der Waals surface area (Å²) in [6.07, 6.45) is 4.55. The first-order valence-electron chi connectivity index (χ1n) is 7.10. The average Bonchev–Trinajstić information content (AvgIpc) is 2.85. The molecule has 0 aliphatic heterocycles. The van der Waals surface area contributed by atoms with E-state index in [-0.39, 0.29) is 11.2 Å². The lowest BCUT2D eigenvalue weighted by Gasteiger charge is -2.22. The summed E-state index contributed by atoms with van der Waals surface area (Å²) in [5.41, 5.74) is 1.76. The van der Waals surface area contributed by atoms with Crippen LogP contribution >= 0.6 is 0 Å². The lowest BCUT2D eigenvalue weighted by atomic mass is 9.82. The van der Waals surface area contributed by atoms with Gasteiger partial charge in [0.05, 0.1) is 0 Å². The first-order chi connectivity index (χ1) is 9.45. The summed E-state index contributed by atoms with van der Waals surface area (Å²) in [6, 6.07) is 7.82. The van der Waals surface area contributed by atoms with Gasteiger partial charge in [0, 0.05) is 24.5 Å². The number of benzene rings is 1. The number of aryl methyl sites for hydroxylation is 1. The highest BCUT2D eigenvalue weighted by Crippen LogP contribution is 2.27. The third-order valence-electron chi connectivity index (χ3n) is 3.36. The number of aromatic nitrogens is 2. The maximum atomic E-state index is 12.8. The van der Waals surface area contributed by atoms with Crippen molar-refractivity contribution in [2.75, 3.05) is 0 Å². The second-order valence-corrected chi connectivity index (χ2v) is 6.07. The van der Waals surface area contributed by atoms with Gasteiger partial charge in [-0.3, -0.25) is 4.79 Å². The van der Waals surface area contributed by atoms with Crippen LogP contribution in [0.5, 0.6) is 0 Å². The molecule has 0 saturated carbocycles. The number of carbonyl (C=O) groups excluding carboxylic acids is 1. The fourth-order valence-electron chi connectivity index (χ4n) is 2.40. The third kappa shape index (κ3) is 2.82. The minimum atomic E-state index is -0.0611. The minimum Gasteiger partial charge on any atom is -0.328 e. The lowest BCUT2D eigenvalue weighted by Crippen LogP contribution is -2.19. The average molecular weight is 270 g/mol. The van der Waals surface area contributed by atoms with Crippen molar-refractivity contribution < 1.29 is 4.79 Å². The maximum Gasteiger partial charge on any atom is 0.228 e. The topological polar surface area (TPSA) is 34.9 Å². The number of hydrogen-bond donors (Lipinski definition) is 0. The molecule has 0 unspecified atom stereocenters. The zero-order valence-corrected chi connectivity index (χ0v) is 12.7. The summed E-state index contributed by atoms with van der Waals surface area (Å²) in [7, 11) is 0. The van der Waals surface area contributed by atoms with Gasteiger partial charge in [0.25, 0.3) is 0 Å². The van der Waals surface area contributed by atoms with Gasteiger partial charge >= 0.3 is 0 Å². The molecule has 0 N–H and O–H groups in total. The van der Waals surface area contributed by atoms with Crippen molar-refractivity contribution in [3.05, 3.63) is 53.6 Å². The summed E-state index contributed by atoms with van der Waals surface area (Å²) in [5.74, 6) is 0.539. The van der Waals surface area contributed by atoms with Crippen LogP contribution in [0.3, 0.4) is 0 Å². The Morgan fingerprint density at radius 3 is 2.60 bits per heavy atom. The van der Waals surface area contributed by atoms with E-state index < -0.39 is 0 Å². The Morgan fingerprint density at radius 2 is 1.95 bits per heavy atom. The zero-order valence-electron chi connectivity index (χ0n) is 12.7. The van der Waals surface area contributed by atoms with Crippen molar-refractivity contribution in [3.8, 4) is 0 Å². The zero-order chi connectivity index (χ0) is 14.8. The van der Waals surface area contributed by atoms with Gasteiger partial charge in [-0.2, -0.15) is 0 Å². The molecule has 106 valence electrons. The second-order valence-electron chi connectivity index (χ2n) is 6.07. The molecule has 0 aliphatic carbocycles. The predicted octanol–water partition coefficient (Wildman–Crippen LogP) is 3.82. The van der Waals surface area contributed by atoms with Crippen molar-refractivity contribution in [2.24, 2.45) is 0 Å². The monoisotopic (exact) mass is 270 g/mol. The van der Waals surface area contributed by atoms with Crippen LogP contribution in [0.1, 0.15) is 55.9 Å². The van der Waals surface area contributed by atoms with Crippen LogP contribution in [-0.2, 0) is 12.0 Å². The van der Waals surface area contributed by atoms with Gasteiger partial charge in [-0.05, 0) is 17.4 Å². The molecule has 0 saturated heterocycles. The van der Waals surface area contributed by atoms with Crippen LogP contribution in [0.15, 0.2) is 36.7 Å². The molecule has 20 heavy (non-hydrogen) atoms. The SMILES string of the molecule is CCCn1ccnc1C(=O)c1ccccc1C(C)(C)C. The second kappa shape index (κ2) is 5.61. The molecule has 1 aromatic heterocycles. The Morgan fingerprint density at radius 1 is 1.25 bits per heavy atom. The van der Waals surface area contributed by atoms with Crippen molar-refractivity contribution in [2.45, 2.75) is 46.1 Å². The van der Waals surface area contributed by atoms with Gasteiger partial charge < -0.3 is 4.57 Å². The number of ketones is 1. The Labute approximate surface area is 120 Å². The van der Waals surface area contributed by atoms with Crippen molar-refractivity contribution in [1.29, 1.82) is 0 Å². The summed E-state index contributed by atoms with van der Waals surface area (Å²) in [6.45, 7) is 9.28. The summed E-state index contributed by atoms with van der Waals surface area (Å²) < 4.78 is 1.93. The van der Waals surface area contributed by atoms with E-state index in [2.05, 4.69) is 32.7 Å². The number of imidazole rings is 1. The summed E-state index contributed by atoms with van der Waals surface area (Å²) in [5, 5.41) is 0. The fourth-order valence-corrected chi connectivity index (χ4v) is 2.40. The van der Waals surface area contributed by atoms with Gasteiger partial charge in [0.15, 0.2) is 5.82 Å². The molecule has 2 aromatic rings. The van der Waals surface area contributed by atoms with Crippen LogP contribution in [0.4, 0.5) is 0 Å². The van der Waals surface area contributed by atoms with E-state index in [1.165, 1.54) is 0 Å². The van der Waals surface area contributed by atoms with E-state index in [9.17, 15) is 4.79 Å². The molecule has 0 amide bonds. The van der Waals surface area contributed by atoms with Crippen molar-refractivity contribution >= 4 is 5.78 Å². The maximum absolute atomic E-state index is 12.8. The normalized spacial score (nSPS) is 11.6. The lowest BCUT2D eigenvalue weighted by molar-refractivity contribution is 0.102. The van der Waals surface area contributed by atoms with Gasteiger partial charge in [-0.15, -0.1) is 0 Å².